The quantitative estimate of drug-likeness (QED) is 0.592. The zero-order valence-corrected chi connectivity index (χ0v) is 14.0. The van der Waals surface area contributed by atoms with Gasteiger partial charge >= 0.3 is 0 Å². The van der Waals surface area contributed by atoms with Crippen molar-refractivity contribution in [2.45, 2.75) is 20.4 Å². The summed E-state index contributed by atoms with van der Waals surface area (Å²) >= 11 is 9.61. The van der Waals surface area contributed by atoms with Crippen LogP contribution in [0.5, 0.6) is 0 Å². The molecule has 1 N–H and O–H groups in total. The molecule has 0 unspecified atom stereocenters. The van der Waals surface area contributed by atoms with Gasteiger partial charge in [0.25, 0.3) is 5.69 Å². The highest BCUT2D eigenvalue weighted by atomic mass is 79.9. The molecule has 0 bridgehead atoms. The zero-order valence-electron chi connectivity index (χ0n) is 11.6. The van der Waals surface area contributed by atoms with E-state index in [1.54, 1.807) is 6.07 Å². The fourth-order valence-corrected chi connectivity index (χ4v) is 2.51. The van der Waals surface area contributed by atoms with E-state index in [2.05, 4.69) is 21.2 Å². The van der Waals surface area contributed by atoms with Crippen LogP contribution in [0, 0.1) is 24.0 Å². The van der Waals surface area contributed by atoms with Gasteiger partial charge in [0.2, 0.25) is 0 Å². The van der Waals surface area contributed by atoms with E-state index in [-0.39, 0.29) is 5.69 Å². The van der Waals surface area contributed by atoms with Gasteiger partial charge in [-0.2, -0.15) is 0 Å². The van der Waals surface area contributed by atoms with E-state index < -0.39 is 4.92 Å². The fraction of sp³-hybridized carbons (Fsp3) is 0.200. The lowest BCUT2D eigenvalue weighted by Gasteiger charge is -2.11. The molecular formula is C15H14BrClN2O2. The number of halogens is 2. The summed E-state index contributed by atoms with van der Waals surface area (Å²) in [6, 6.07) is 8.58. The molecule has 2 aromatic rings. The Balaban J connectivity index is 2.15. The van der Waals surface area contributed by atoms with Crippen molar-refractivity contribution in [1.82, 2.24) is 0 Å². The fourth-order valence-electron chi connectivity index (χ4n) is 2.04. The number of hydrogen-bond donors (Lipinski definition) is 1. The van der Waals surface area contributed by atoms with Gasteiger partial charge in [-0.25, -0.2) is 0 Å². The predicted octanol–water partition coefficient (Wildman–Crippen LogP) is 5.24. The highest BCUT2D eigenvalue weighted by molar-refractivity contribution is 9.10. The Labute approximate surface area is 136 Å². The Morgan fingerprint density at radius 1 is 1.24 bits per heavy atom. The third kappa shape index (κ3) is 3.74. The topological polar surface area (TPSA) is 55.2 Å². The summed E-state index contributed by atoms with van der Waals surface area (Å²) in [5.41, 5.74) is 4.10. The summed E-state index contributed by atoms with van der Waals surface area (Å²) in [4.78, 5) is 10.2. The Morgan fingerprint density at radius 2 is 1.86 bits per heavy atom. The van der Waals surface area contributed by atoms with Crippen molar-refractivity contribution in [3.05, 3.63) is 66.6 Å². The number of hydrogen-bond acceptors (Lipinski definition) is 3. The average Bonchev–Trinajstić information content (AvgIpc) is 2.43. The highest BCUT2D eigenvalue weighted by Gasteiger charge is 2.09. The summed E-state index contributed by atoms with van der Waals surface area (Å²) in [5.74, 6) is 0. The normalized spacial score (nSPS) is 10.5. The molecule has 0 spiro atoms. The summed E-state index contributed by atoms with van der Waals surface area (Å²) in [6.45, 7) is 4.57. The molecule has 0 saturated carbocycles. The number of anilines is 1. The minimum absolute atomic E-state index is 0.000851. The lowest BCUT2D eigenvalue weighted by Crippen LogP contribution is -2.01. The van der Waals surface area contributed by atoms with E-state index in [4.69, 9.17) is 11.6 Å². The number of non-ortho nitro benzene ring substituents is 1. The molecule has 0 aliphatic rings. The van der Waals surface area contributed by atoms with Gasteiger partial charge in [-0.15, -0.1) is 0 Å². The maximum atomic E-state index is 10.7. The van der Waals surface area contributed by atoms with Gasteiger partial charge in [0.05, 0.1) is 9.95 Å². The van der Waals surface area contributed by atoms with Gasteiger partial charge in [0.15, 0.2) is 0 Å². The maximum Gasteiger partial charge on any atom is 0.270 e. The molecule has 2 aromatic carbocycles. The molecule has 2 rings (SSSR count). The van der Waals surface area contributed by atoms with Gasteiger partial charge < -0.3 is 5.32 Å². The highest BCUT2D eigenvalue weighted by Crippen LogP contribution is 2.27. The molecule has 0 aliphatic carbocycles. The molecule has 0 aliphatic heterocycles. The van der Waals surface area contributed by atoms with Crippen LogP contribution in [0.3, 0.4) is 0 Å². The predicted molar refractivity (Wildman–Crippen MR) is 89.0 cm³/mol. The van der Waals surface area contributed by atoms with Crippen molar-refractivity contribution >= 4 is 38.9 Å². The Bertz CT molecular complexity index is 681. The number of nitrogens with one attached hydrogen (secondary N) is 1. The summed E-state index contributed by atoms with van der Waals surface area (Å²) in [5, 5.41) is 14.4. The molecule has 0 fully saturated rings. The molecule has 0 heterocycles. The van der Waals surface area contributed by atoms with E-state index in [0.717, 1.165) is 26.9 Å². The third-order valence-corrected chi connectivity index (χ3v) is 4.77. The van der Waals surface area contributed by atoms with Crippen LogP contribution in [0.4, 0.5) is 11.4 Å². The number of aryl methyl sites for hydroxylation is 2. The molecule has 21 heavy (non-hydrogen) atoms. The van der Waals surface area contributed by atoms with Gasteiger partial charge in [-0.3, -0.25) is 10.1 Å². The van der Waals surface area contributed by atoms with E-state index in [9.17, 15) is 10.1 Å². The van der Waals surface area contributed by atoms with Gasteiger partial charge in [0, 0.05) is 28.8 Å². The molecule has 0 aromatic heterocycles. The second-order valence-corrected chi connectivity index (χ2v) is 6.01. The van der Waals surface area contributed by atoms with Gasteiger partial charge in [0.1, 0.15) is 0 Å². The number of nitro groups is 1. The molecule has 6 heteroatoms. The first-order valence-corrected chi connectivity index (χ1v) is 7.49. The van der Waals surface area contributed by atoms with Crippen LogP contribution in [0.1, 0.15) is 16.7 Å². The van der Waals surface area contributed by atoms with Crippen molar-refractivity contribution in [2.24, 2.45) is 0 Å². The number of benzene rings is 2. The largest absolute Gasteiger partial charge is 0.381 e. The van der Waals surface area contributed by atoms with Crippen LogP contribution in [0.25, 0.3) is 0 Å². The smallest absolute Gasteiger partial charge is 0.270 e. The number of nitro benzene ring substituents is 1. The standard InChI is InChI=1S/C15H14BrClN2O2/c1-9-5-12(6-10(2)15(9)16)18-8-11-3-4-13(19(20)21)7-14(11)17/h3-7,18H,8H2,1-2H3. The minimum Gasteiger partial charge on any atom is -0.381 e. The van der Waals surface area contributed by atoms with E-state index in [1.807, 2.05) is 26.0 Å². The zero-order chi connectivity index (χ0) is 15.6. The molecule has 0 atom stereocenters. The van der Waals surface area contributed by atoms with Crippen molar-refractivity contribution in [3.63, 3.8) is 0 Å². The maximum absolute atomic E-state index is 10.7. The van der Waals surface area contributed by atoms with Crippen LogP contribution in [-0.2, 0) is 6.54 Å². The van der Waals surface area contributed by atoms with E-state index >= 15 is 0 Å². The molecule has 0 saturated heterocycles. The average molecular weight is 370 g/mol. The second-order valence-electron chi connectivity index (χ2n) is 4.81. The summed E-state index contributed by atoms with van der Waals surface area (Å²) < 4.78 is 1.10. The number of rotatable bonds is 4. The number of nitrogens with zero attached hydrogens (tertiary/aromatic N) is 1. The first kappa shape index (κ1) is 15.8. The van der Waals surface area contributed by atoms with Crippen LogP contribution >= 0.6 is 27.5 Å². The van der Waals surface area contributed by atoms with Crippen molar-refractivity contribution in [3.8, 4) is 0 Å². The molecular weight excluding hydrogens is 356 g/mol. The van der Waals surface area contributed by atoms with Crippen LogP contribution in [0.2, 0.25) is 5.02 Å². The Hall–Kier alpha value is -1.59. The first-order chi connectivity index (χ1) is 9.88. The first-order valence-electron chi connectivity index (χ1n) is 6.32. The van der Waals surface area contributed by atoms with Crippen LogP contribution in [0.15, 0.2) is 34.8 Å². The monoisotopic (exact) mass is 368 g/mol. The van der Waals surface area contributed by atoms with Crippen molar-refractivity contribution in [2.75, 3.05) is 5.32 Å². The lowest BCUT2D eigenvalue weighted by atomic mass is 10.1. The molecule has 0 radical (unpaired) electrons. The third-order valence-electron chi connectivity index (χ3n) is 3.17. The lowest BCUT2D eigenvalue weighted by molar-refractivity contribution is -0.384. The van der Waals surface area contributed by atoms with Gasteiger partial charge in [-0.05, 0) is 48.7 Å². The van der Waals surface area contributed by atoms with Crippen molar-refractivity contribution in [1.29, 1.82) is 0 Å². The van der Waals surface area contributed by atoms with E-state index in [0.29, 0.717) is 11.6 Å². The Kier molecular flexibility index (Phi) is 4.85. The molecule has 0 amide bonds. The molecule has 4 nitrogen and oxygen atoms in total. The summed E-state index contributed by atoms with van der Waals surface area (Å²) in [6.07, 6.45) is 0. The minimum atomic E-state index is -0.454. The van der Waals surface area contributed by atoms with Crippen LogP contribution in [-0.4, -0.2) is 4.92 Å². The van der Waals surface area contributed by atoms with Crippen LogP contribution < -0.4 is 5.32 Å². The molecule has 110 valence electrons. The Morgan fingerprint density at radius 3 is 2.38 bits per heavy atom. The summed E-state index contributed by atoms with van der Waals surface area (Å²) in [7, 11) is 0. The van der Waals surface area contributed by atoms with Crippen molar-refractivity contribution < 1.29 is 4.92 Å². The van der Waals surface area contributed by atoms with Gasteiger partial charge in [-0.1, -0.05) is 27.5 Å². The SMILES string of the molecule is Cc1cc(NCc2ccc([N+](=O)[O-])cc2Cl)cc(C)c1Br. The second kappa shape index (κ2) is 6.45. The van der Waals surface area contributed by atoms with E-state index in [1.165, 1.54) is 12.1 Å².